The van der Waals surface area contributed by atoms with Crippen LogP contribution < -0.4 is 0 Å². The summed E-state index contributed by atoms with van der Waals surface area (Å²) in [5, 5.41) is 2.91. The van der Waals surface area contributed by atoms with Gasteiger partial charge in [-0.3, -0.25) is 0 Å². The standard InChI is InChI=1S/C4H3ClN2O/c5-4-3(7-8)1-2-6-4/h1-2,6H. The molecule has 0 aliphatic rings. The molecular formula is C4H3ClN2O. The van der Waals surface area contributed by atoms with E-state index >= 15 is 0 Å². The highest BCUT2D eigenvalue weighted by Gasteiger charge is 1.96. The van der Waals surface area contributed by atoms with E-state index in [0.717, 1.165) is 0 Å². The number of halogens is 1. The maximum Gasteiger partial charge on any atom is 0.144 e. The third kappa shape index (κ3) is 0.721. The average molecular weight is 131 g/mol. The predicted octanol–water partition coefficient (Wildman–Crippen LogP) is 2.07. The number of H-pyrrole nitrogens is 1. The molecule has 0 aliphatic heterocycles. The van der Waals surface area contributed by atoms with Gasteiger partial charge < -0.3 is 4.98 Å². The minimum absolute atomic E-state index is 0.256. The van der Waals surface area contributed by atoms with Gasteiger partial charge in [0, 0.05) is 6.20 Å². The summed E-state index contributed by atoms with van der Waals surface area (Å²) < 4.78 is 0. The molecule has 0 unspecified atom stereocenters. The number of nitrogens with one attached hydrogen (secondary N) is 1. The van der Waals surface area contributed by atoms with Gasteiger partial charge in [-0.25, -0.2) is 0 Å². The zero-order chi connectivity index (χ0) is 5.98. The summed E-state index contributed by atoms with van der Waals surface area (Å²) in [7, 11) is 0. The van der Waals surface area contributed by atoms with Crippen LogP contribution >= 0.6 is 11.6 Å². The summed E-state index contributed by atoms with van der Waals surface area (Å²) in [6.07, 6.45) is 1.55. The molecule has 3 nitrogen and oxygen atoms in total. The third-order valence-electron chi connectivity index (χ3n) is 0.774. The van der Waals surface area contributed by atoms with Crippen molar-refractivity contribution < 1.29 is 0 Å². The quantitative estimate of drug-likeness (QED) is 0.581. The van der Waals surface area contributed by atoms with E-state index in [1.165, 1.54) is 6.07 Å². The molecule has 0 spiro atoms. The molecular weight excluding hydrogens is 128 g/mol. The van der Waals surface area contributed by atoms with E-state index in [4.69, 9.17) is 11.6 Å². The van der Waals surface area contributed by atoms with E-state index in [1.54, 1.807) is 6.20 Å². The van der Waals surface area contributed by atoms with Crippen LogP contribution in [0.15, 0.2) is 17.4 Å². The lowest BCUT2D eigenvalue weighted by atomic mass is 10.6. The maximum absolute atomic E-state index is 9.73. The van der Waals surface area contributed by atoms with Crippen LogP contribution in [0.1, 0.15) is 0 Å². The lowest BCUT2D eigenvalue weighted by Gasteiger charge is -1.76. The zero-order valence-corrected chi connectivity index (χ0v) is 4.64. The molecule has 0 fully saturated rings. The molecule has 8 heavy (non-hydrogen) atoms. The number of nitroso groups, excluding NO2 is 1. The molecule has 4 heteroatoms. The second-order valence-corrected chi connectivity index (χ2v) is 1.65. The van der Waals surface area contributed by atoms with Gasteiger partial charge in [-0.05, 0) is 11.2 Å². The van der Waals surface area contributed by atoms with Gasteiger partial charge in [0.25, 0.3) is 0 Å². The number of nitrogens with zero attached hydrogens (tertiary/aromatic N) is 1. The Hall–Kier alpha value is -0.830. The van der Waals surface area contributed by atoms with Gasteiger partial charge in [0.1, 0.15) is 10.8 Å². The van der Waals surface area contributed by atoms with Gasteiger partial charge >= 0.3 is 0 Å². The molecule has 0 bridgehead atoms. The van der Waals surface area contributed by atoms with Crippen LogP contribution in [0.5, 0.6) is 0 Å². The van der Waals surface area contributed by atoms with E-state index in [9.17, 15) is 4.91 Å². The molecule has 1 aromatic heterocycles. The molecule has 1 heterocycles. The summed E-state index contributed by atoms with van der Waals surface area (Å²) >= 11 is 5.39. The van der Waals surface area contributed by atoms with Crippen LogP contribution in [0.4, 0.5) is 5.69 Å². The van der Waals surface area contributed by atoms with Crippen LogP contribution in [-0.4, -0.2) is 4.98 Å². The zero-order valence-electron chi connectivity index (χ0n) is 3.89. The molecule has 1 N–H and O–H groups in total. The number of aromatic nitrogens is 1. The molecule has 0 radical (unpaired) electrons. The van der Waals surface area contributed by atoms with Crippen LogP contribution in [0, 0.1) is 4.91 Å². The van der Waals surface area contributed by atoms with Gasteiger partial charge in [-0.15, -0.1) is 4.91 Å². The summed E-state index contributed by atoms with van der Waals surface area (Å²) in [5.41, 5.74) is 0.256. The molecule has 0 atom stereocenters. The lowest BCUT2D eigenvalue weighted by molar-refractivity contribution is 1.40. The largest absolute Gasteiger partial charge is 0.350 e. The van der Waals surface area contributed by atoms with Crippen molar-refractivity contribution in [1.29, 1.82) is 0 Å². The number of rotatable bonds is 1. The van der Waals surface area contributed by atoms with E-state index in [2.05, 4.69) is 10.2 Å². The highest BCUT2D eigenvalue weighted by molar-refractivity contribution is 6.31. The molecule has 1 rings (SSSR count). The molecule has 0 saturated carbocycles. The van der Waals surface area contributed by atoms with Gasteiger partial charge in [0.15, 0.2) is 0 Å². The Morgan fingerprint density at radius 1 is 1.75 bits per heavy atom. The second kappa shape index (κ2) is 1.96. The Bertz CT molecular complexity index is 196. The van der Waals surface area contributed by atoms with Gasteiger partial charge in [-0.1, -0.05) is 11.6 Å². The number of hydrogen-bond donors (Lipinski definition) is 1. The Morgan fingerprint density at radius 2 is 2.50 bits per heavy atom. The molecule has 0 aromatic carbocycles. The van der Waals surface area contributed by atoms with Crippen molar-refractivity contribution in [3.05, 3.63) is 22.3 Å². The maximum atomic E-state index is 9.73. The fourth-order valence-electron chi connectivity index (χ4n) is 0.411. The highest BCUT2D eigenvalue weighted by atomic mass is 35.5. The molecule has 0 saturated heterocycles. The Balaban J connectivity index is 3.09. The van der Waals surface area contributed by atoms with Gasteiger partial charge in [-0.2, -0.15) is 0 Å². The molecule has 0 aliphatic carbocycles. The van der Waals surface area contributed by atoms with Crippen LogP contribution in [-0.2, 0) is 0 Å². The van der Waals surface area contributed by atoms with Crippen molar-refractivity contribution in [2.75, 3.05) is 0 Å². The first kappa shape index (κ1) is 5.31. The van der Waals surface area contributed by atoms with E-state index in [1.807, 2.05) is 0 Å². The first-order chi connectivity index (χ1) is 3.84. The van der Waals surface area contributed by atoms with E-state index < -0.39 is 0 Å². The second-order valence-electron chi connectivity index (χ2n) is 1.27. The van der Waals surface area contributed by atoms with Crippen molar-refractivity contribution >= 4 is 17.3 Å². The Labute approximate surface area is 50.6 Å². The van der Waals surface area contributed by atoms with Crippen LogP contribution in [0.2, 0.25) is 5.15 Å². The minimum atomic E-state index is 0.256. The first-order valence-corrected chi connectivity index (χ1v) is 2.38. The van der Waals surface area contributed by atoms with Crippen LogP contribution in [0.3, 0.4) is 0 Å². The third-order valence-corrected chi connectivity index (χ3v) is 1.08. The number of aromatic amines is 1. The molecule has 1 aromatic rings. The lowest BCUT2D eigenvalue weighted by Crippen LogP contribution is -1.54. The van der Waals surface area contributed by atoms with E-state index in [0.29, 0.717) is 5.15 Å². The predicted molar refractivity (Wildman–Crippen MR) is 31.3 cm³/mol. The van der Waals surface area contributed by atoms with Gasteiger partial charge in [0.05, 0.1) is 0 Å². The average Bonchev–Trinajstić information content (AvgIpc) is 2.14. The molecule has 42 valence electrons. The highest BCUT2D eigenvalue weighted by Crippen LogP contribution is 2.20. The summed E-state index contributed by atoms with van der Waals surface area (Å²) in [6.45, 7) is 0. The topological polar surface area (TPSA) is 45.2 Å². The van der Waals surface area contributed by atoms with Crippen molar-refractivity contribution in [1.82, 2.24) is 4.98 Å². The minimum Gasteiger partial charge on any atom is -0.350 e. The first-order valence-electron chi connectivity index (χ1n) is 2.01. The fraction of sp³-hybridized carbons (Fsp3) is 0. The SMILES string of the molecule is O=Nc1cc[nH]c1Cl. The van der Waals surface area contributed by atoms with Crippen molar-refractivity contribution in [3.63, 3.8) is 0 Å². The summed E-state index contributed by atoms with van der Waals surface area (Å²) in [5.74, 6) is 0. The Morgan fingerprint density at radius 3 is 2.75 bits per heavy atom. The summed E-state index contributed by atoms with van der Waals surface area (Å²) in [6, 6.07) is 1.51. The van der Waals surface area contributed by atoms with Crippen molar-refractivity contribution in [2.24, 2.45) is 5.18 Å². The van der Waals surface area contributed by atoms with E-state index in [-0.39, 0.29) is 5.69 Å². The smallest absolute Gasteiger partial charge is 0.144 e. The van der Waals surface area contributed by atoms with Crippen molar-refractivity contribution in [3.8, 4) is 0 Å². The fourth-order valence-corrected chi connectivity index (χ4v) is 0.572. The Kier molecular flexibility index (Phi) is 1.30. The van der Waals surface area contributed by atoms with Crippen molar-refractivity contribution in [2.45, 2.75) is 0 Å². The number of hydrogen-bond acceptors (Lipinski definition) is 2. The monoisotopic (exact) mass is 130 g/mol. The summed E-state index contributed by atoms with van der Waals surface area (Å²) in [4.78, 5) is 12.3. The van der Waals surface area contributed by atoms with Crippen LogP contribution in [0.25, 0.3) is 0 Å². The molecule has 0 amide bonds. The van der Waals surface area contributed by atoms with Gasteiger partial charge in [0.2, 0.25) is 0 Å². The normalized spacial score (nSPS) is 9.12.